The lowest BCUT2D eigenvalue weighted by Gasteiger charge is -2.31. The Bertz CT molecular complexity index is 586. The molecule has 8 heteroatoms. The highest BCUT2D eigenvalue weighted by Gasteiger charge is 2.20. The minimum absolute atomic E-state index is 0.127. The molecule has 2 aromatic rings. The van der Waals surface area contributed by atoms with Crippen LogP contribution in [-0.4, -0.2) is 55.9 Å². The highest BCUT2D eigenvalue weighted by atomic mass is 16.5. The molecule has 1 unspecified atom stereocenters. The standard InChI is InChI=1S/C13H19N7O/c1-19-7-3-2-5-10(19)9-21-13-17-11(14)16-12(18-13)20-8-4-6-15-20/h4,6,8,10H,2-3,5,7,9H2,1H3,(H2,14,16,17,18). The van der Waals surface area contributed by atoms with Gasteiger partial charge in [0.1, 0.15) is 6.61 Å². The molecule has 8 nitrogen and oxygen atoms in total. The van der Waals surface area contributed by atoms with Crippen molar-refractivity contribution in [2.24, 2.45) is 0 Å². The minimum atomic E-state index is 0.127. The van der Waals surface area contributed by atoms with E-state index in [9.17, 15) is 0 Å². The SMILES string of the molecule is CN1CCCCC1COc1nc(N)nc(-n2cccn2)n1. The number of rotatable bonds is 4. The third kappa shape index (κ3) is 3.27. The molecule has 1 fully saturated rings. The number of nitrogens with zero attached hydrogens (tertiary/aromatic N) is 6. The predicted octanol–water partition coefficient (Wildman–Crippen LogP) is 0.503. The maximum Gasteiger partial charge on any atom is 0.323 e. The van der Waals surface area contributed by atoms with Gasteiger partial charge >= 0.3 is 6.01 Å². The van der Waals surface area contributed by atoms with Crippen LogP contribution in [0.4, 0.5) is 5.95 Å². The molecular weight excluding hydrogens is 270 g/mol. The van der Waals surface area contributed by atoms with Crippen LogP contribution in [0.15, 0.2) is 18.5 Å². The van der Waals surface area contributed by atoms with Crippen molar-refractivity contribution in [1.82, 2.24) is 29.6 Å². The highest BCUT2D eigenvalue weighted by molar-refractivity contribution is 5.24. The molecule has 1 aliphatic heterocycles. The number of nitrogen functional groups attached to an aromatic ring is 1. The molecule has 1 aliphatic rings. The largest absolute Gasteiger partial charge is 0.462 e. The average molecular weight is 289 g/mol. The zero-order chi connectivity index (χ0) is 14.7. The van der Waals surface area contributed by atoms with Crippen molar-refractivity contribution in [2.75, 3.05) is 25.9 Å². The summed E-state index contributed by atoms with van der Waals surface area (Å²) in [4.78, 5) is 14.6. The first kappa shape index (κ1) is 13.7. The second-order valence-corrected chi connectivity index (χ2v) is 5.17. The smallest absolute Gasteiger partial charge is 0.323 e. The summed E-state index contributed by atoms with van der Waals surface area (Å²) in [6, 6.07) is 2.43. The van der Waals surface area contributed by atoms with E-state index in [-0.39, 0.29) is 12.0 Å². The molecule has 0 amide bonds. The molecule has 0 aromatic carbocycles. The van der Waals surface area contributed by atoms with Crippen LogP contribution in [0.25, 0.3) is 5.95 Å². The Balaban J connectivity index is 1.70. The minimum Gasteiger partial charge on any atom is -0.462 e. The molecule has 21 heavy (non-hydrogen) atoms. The summed E-state index contributed by atoms with van der Waals surface area (Å²) in [5.41, 5.74) is 5.71. The number of piperidine rings is 1. The van der Waals surface area contributed by atoms with Gasteiger partial charge in [-0.05, 0) is 32.5 Å². The molecule has 0 bridgehead atoms. The Morgan fingerprint density at radius 3 is 3.00 bits per heavy atom. The molecule has 2 aromatic heterocycles. The fourth-order valence-corrected chi connectivity index (χ4v) is 2.44. The van der Waals surface area contributed by atoms with Crippen LogP contribution < -0.4 is 10.5 Å². The van der Waals surface area contributed by atoms with E-state index in [1.807, 2.05) is 0 Å². The van der Waals surface area contributed by atoms with E-state index in [0.29, 0.717) is 18.6 Å². The summed E-state index contributed by atoms with van der Waals surface area (Å²) in [6.07, 6.45) is 7.00. The van der Waals surface area contributed by atoms with Crippen molar-refractivity contribution >= 4 is 5.95 Å². The zero-order valence-electron chi connectivity index (χ0n) is 12.0. The molecule has 0 aliphatic carbocycles. The molecular formula is C13H19N7O. The van der Waals surface area contributed by atoms with Crippen molar-refractivity contribution < 1.29 is 4.74 Å². The lowest BCUT2D eigenvalue weighted by molar-refractivity contribution is 0.119. The van der Waals surface area contributed by atoms with Crippen molar-refractivity contribution in [3.8, 4) is 12.0 Å². The second-order valence-electron chi connectivity index (χ2n) is 5.17. The lowest BCUT2D eigenvalue weighted by Crippen LogP contribution is -2.40. The molecule has 0 saturated carbocycles. The highest BCUT2D eigenvalue weighted by Crippen LogP contribution is 2.16. The quantitative estimate of drug-likeness (QED) is 0.875. The number of hydrogen-bond acceptors (Lipinski definition) is 7. The van der Waals surface area contributed by atoms with Crippen LogP contribution in [0.5, 0.6) is 6.01 Å². The summed E-state index contributed by atoms with van der Waals surface area (Å²) in [5, 5.41) is 4.08. The van der Waals surface area contributed by atoms with Crippen LogP contribution in [0.2, 0.25) is 0 Å². The van der Waals surface area contributed by atoms with Crippen LogP contribution in [-0.2, 0) is 0 Å². The fourth-order valence-electron chi connectivity index (χ4n) is 2.44. The molecule has 3 rings (SSSR count). The number of ether oxygens (including phenoxy) is 1. The molecule has 1 atom stereocenters. The van der Waals surface area contributed by atoms with Gasteiger partial charge in [0.15, 0.2) is 0 Å². The van der Waals surface area contributed by atoms with E-state index in [0.717, 1.165) is 13.0 Å². The zero-order valence-corrected chi connectivity index (χ0v) is 12.0. The van der Waals surface area contributed by atoms with Crippen molar-refractivity contribution in [3.05, 3.63) is 18.5 Å². The Kier molecular flexibility index (Phi) is 3.96. The molecule has 0 radical (unpaired) electrons. The molecule has 3 heterocycles. The van der Waals surface area contributed by atoms with E-state index < -0.39 is 0 Å². The monoisotopic (exact) mass is 289 g/mol. The van der Waals surface area contributed by atoms with Crippen LogP contribution in [0.1, 0.15) is 19.3 Å². The Morgan fingerprint density at radius 1 is 1.33 bits per heavy atom. The van der Waals surface area contributed by atoms with Gasteiger partial charge < -0.3 is 15.4 Å². The van der Waals surface area contributed by atoms with E-state index >= 15 is 0 Å². The first-order valence-corrected chi connectivity index (χ1v) is 7.07. The number of aromatic nitrogens is 5. The second kappa shape index (κ2) is 6.04. The number of anilines is 1. The van der Waals surface area contributed by atoms with Gasteiger partial charge in [-0.1, -0.05) is 6.42 Å². The maximum absolute atomic E-state index is 5.71. The van der Waals surface area contributed by atoms with Gasteiger partial charge in [0.05, 0.1) is 0 Å². The van der Waals surface area contributed by atoms with Gasteiger partial charge in [0, 0.05) is 18.4 Å². The first-order chi connectivity index (χ1) is 10.2. The van der Waals surface area contributed by atoms with Gasteiger partial charge in [-0.2, -0.15) is 20.1 Å². The Morgan fingerprint density at radius 2 is 2.24 bits per heavy atom. The average Bonchev–Trinajstić information content (AvgIpc) is 3.00. The molecule has 1 saturated heterocycles. The summed E-state index contributed by atoms with van der Waals surface area (Å²) < 4.78 is 7.24. The van der Waals surface area contributed by atoms with E-state index in [2.05, 4.69) is 32.0 Å². The lowest BCUT2D eigenvalue weighted by atomic mass is 10.0. The van der Waals surface area contributed by atoms with Crippen LogP contribution in [0.3, 0.4) is 0 Å². The summed E-state index contributed by atoms with van der Waals surface area (Å²) in [5.74, 6) is 0.488. The summed E-state index contributed by atoms with van der Waals surface area (Å²) >= 11 is 0. The number of nitrogens with two attached hydrogens (primary N) is 1. The predicted molar refractivity (Wildman–Crippen MR) is 77.1 cm³/mol. The number of likely N-dealkylation sites (N-methyl/N-ethyl adjacent to an activating group) is 1. The first-order valence-electron chi connectivity index (χ1n) is 7.07. The van der Waals surface area contributed by atoms with Crippen LogP contribution >= 0.6 is 0 Å². The van der Waals surface area contributed by atoms with E-state index in [1.54, 1.807) is 18.5 Å². The third-order valence-corrected chi connectivity index (χ3v) is 3.66. The van der Waals surface area contributed by atoms with Gasteiger partial charge in [-0.15, -0.1) is 0 Å². The van der Waals surface area contributed by atoms with Gasteiger partial charge in [-0.3, -0.25) is 0 Å². The van der Waals surface area contributed by atoms with Crippen LogP contribution in [0, 0.1) is 0 Å². The fraction of sp³-hybridized carbons (Fsp3) is 0.538. The molecule has 2 N–H and O–H groups in total. The van der Waals surface area contributed by atoms with E-state index in [1.165, 1.54) is 17.5 Å². The molecule has 112 valence electrons. The van der Waals surface area contributed by atoms with Gasteiger partial charge in [0.2, 0.25) is 5.95 Å². The van der Waals surface area contributed by atoms with Gasteiger partial charge in [-0.25, -0.2) is 4.68 Å². The van der Waals surface area contributed by atoms with E-state index in [4.69, 9.17) is 10.5 Å². The number of hydrogen-bond donors (Lipinski definition) is 1. The third-order valence-electron chi connectivity index (χ3n) is 3.66. The topological polar surface area (TPSA) is 95.0 Å². The Labute approximate surface area is 123 Å². The van der Waals surface area contributed by atoms with Gasteiger partial charge in [0.25, 0.3) is 5.95 Å². The maximum atomic E-state index is 5.71. The van der Waals surface area contributed by atoms with Crippen molar-refractivity contribution in [2.45, 2.75) is 25.3 Å². The normalized spacial score (nSPS) is 19.6. The van der Waals surface area contributed by atoms with Crippen molar-refractivity contribution in [1.29, 1.82) is 0 Å². The molecule has 0 spiro atoms. The number of likely N-dealkylation sites (tertiary alicyclic amines) is 1. The summed E-state index contributed by atoms with van der Waals surface area (Å²) in [7, 11) is 2.12. The Hall–Kier alpha value is -2.22. The summed E-state index contributed by atoms with van der Waals surface area (Å²) in [6.45, 7) is 1.66. The van der Waals surface area contributed by atoms with Crippen molar-refractivity contribution in [3.63, 3.8) is 0 Å².